The van der Waals surface area contributed by atoms with Crippen LogP contribution in [0, 0.1) is 0 Å². The number of carbonyl (C=O) groups is 2. The van der Waals surface area contributed by atoms with Gasteiger partial charge in [-0.1, -0.05) is 13.5 Å². The van der Waals surface area contributed by atoms with Crippen molar-refractivity contribution in [2.75, 3.05) is 0 Å². The summed E-state index contributed by atoms with van der Waals surface area (Å²) in [5.41, 5.74) is 0.392. The number of carbonyl (C=O) groups excluding carboxylic acids is 1. The summed E-state index contributed by atoms with van der Waals surface area (Å²) in [5, 5.41) is 10.7. The first-order valence-corrected chi connectivity index (χ1v) is 3.70. The van der Waals surface area contributed by atoms with Gasteiger partial charge in [-0.05, 0) is 13.3 Å². The van der Waals surface area contributed by atoms with E-state index >= 15 is 0 Å². The molecule has 0 saturated heterocycles. The topological polar surface area (TPSA) is 66.4 Å². The van der Waals surface area contributed by atoms with Crippen LogP contribution >= 0.6 is 0 Å². The molecule has 68 valence electrons. The van der Waals surface area contributed by atoms with Crippen LogP contribution in [0.5, 0.6) is 0 Å². The Hall–Kier alpha value is -1.32. The number of carboxylic acid groups (broad SMARTS) is 1. The van der Waals surface area contributed by atoms with Crippen molar-refractivity contribution in [3.8, 4) is 0 Å². The fraction of sp³-hybridized carbons (Fsp3) is 0.500. The average molecular weight is 171 g/mol. The zero-order chi connectivity index (χ0) is 9.72. The minimum absolute atomic E-state index is 0.392. The first kappa shape index (κ1) is 10.7. The molecule has 4 heteroatoms. The van der Waals surface area contributed by atoms with Crippen LogP contribution in [0.15, 0.2) is 12.2 Å². The van der Waals surface area contributed by atoms with Crippen molar-refractivity contribution in [1.82, 2.24) is 5.32 Å². The van der Waals surface area contributed by atoms with Gasteiger partial charge in [0, 0.05) is 5.57 Å². The molecule has 1 amide bonds. The van der Waals surface area contributed by atoms with Gasteiger partial charge < -0.3 is 10.4 Å². The first-order valence-electron chi connectivity index (χ1n) is 3.70. The van der Waals surface area contributed by atoms with Gasteiger partial charge in [0.15, 0.2) is 0 Å². The molecule has 0 rings (SSSR count). The Morgan fingerprint density at radius 3 is 2.42 bits per heavy atom. The second kappa shape index (κ2) is 4.54. The molecule has 4 nitrogen and oxygen atoms in total. The van der Waals surface area contributed by atoms with E-state index in [0.717, 1.165) is 0 Å². The molecule has 0 aliphatic carbocycles. The number of rotatable bonds is 4. The van der Waals surface area contributed by atoms with Crippen LogP contribution in [0.25, 0.3) is 0 Å². The smallest absolute Gasteiger partial charge is 0.325 e. The molecular weight excluding hydrogens is 158 g/mol. The first-order chi connectivity index (χ1) is 5.49. The molecule has 0 aromatic carbocycles. The summed E-state index contributed by atoms with van der Waals surface area (Å²) in [4.78, 5) is 21.3. The van der Waals surface area contributed by atoms with Gasteiger partial charge in [0.1, 0.15) is 6.04 Å². The maximum absolute atomic E-state index is 11.0. The van der Waals surface area contributed by atoms with Crippen LogP contribution in [-0.2, 0) is 9.59 Å². The Kier molecular flexibility index (Phi) is 4.04. The molecule has 0 spiro atoms. The van der Waals surface area contributed by atoms with Crippen LogP contribution in [-0.4, -0.2) is 23.0 Å². The molecule has 12 heavy (non-hydrogen) atoms. The lowest BCUT2D eigenvalue weighted by molar-refractivity contribution is -0.140. The van der Waals surface area contributed by atoms with E-state index in [1.807, 2.05) is 0 Å². The molecule has 0 aromatic rings. The van der Waals surface area contributed by atoms with Crippen LogP contribution in [0.3, 0.4) is 0 Å². The van der Waals surface area contributed by atoms with Gasteiger partial charge in [-0.25, -0.2) is 0 Å². The number of amides is 1. The molecule has 0 heterocycles. The van der Waals surface area contributed by atoms with Crippen molar-refractivity contribution < 1.29 is 14.7 Å². The monoisotopic (exact) mass is 171 g/mol. The third-order valence-corrected chi connectivity index (χ3v) is 1.47. The normalized spacial score (nSPS) is 11.8. The van der Waals surface area contributed by atoms with Crippen LogP contribution < -0.4 is 5.32 Å². The van der Waals surface area contributed by atoms with Gasteiger partial charge in [0.2, 0.25) is 5.91 Å². The van der Waals surface area contributed by atoms with E-state index in [2.05, 4.69) is 11.9 Å². The van der Waals surface area contributed by atoms with E-state index in [9.17, 15) is 9.59 Å². The van der Waals surface area contributed by atoms with Crippen LogP contribution in [0.2, 0.25) is 0 Å². The Labute approximate surface area is 71.3 Å². The highest BCUT2D eigenvalue weighted by Crippen LogP contribution is 1.96. The molecule has 0 aliphatic heterocycles. The molecule has 0 saturated carbocycles. The van der Waals surface area contributed by atoms with Gasteiger partial charge in [-0.3, -0.25) is 9.59 Å². The fourth-order valence-corrected chi connectivity index (χ4v) is 0.521. The molecule has 0 aliphatic rings. The molecule has 1 atom stereocenters. The summed E-state index contributed by atoms with van der Waals surface area (Å²) in [6, 6.07) is -0.860. The Bertz CT molecular complexity index is 210. The standard InChI is InChI=1S/C8H13NO3/c1-4-5(2)7(10)9-6(3)8(11)12/h6H,2,4H2,1,3H3,(H,9,10)(H,11,12)/t6-/m1/s1. The molecule has 2 N–H and O–H groups in total. The van der Waals surface area contributed by atoms with Crippen molar-refractivity contribution in [2.24, 2.45) is 0 Å². The van der Waals surface area contributed by atoms with E-state index in [0.29, 0.717) is 12.0 Å². The molecular formula is C8H13NO3. The summed E-state index contributed by atoms with van der Waals surface area (Å²) in [6.45, 7) is 6.67. The quantitative estimate of drug-likeness (QED) is 0.607. The van der Waals surface area contributed by atoms with Gasteiger partial charge in [-0.15, -0.1) is 0 Å². The van der Waals surface area contributed by atoms with Gasteiger partial charge in [0.25, 0.3) is 0 Å². The SMILES string of the molecule is C=C(CC)C(=O)N[C@H](C)C(=O)O. The summed E-state index contributed by atoms with van der Waals surface area (Å²) < 4.78 is 0. The zero-order valence-electron chi connectivity index (χ0n) is 7.26. The molecule has 0 unspecified atom stereocenters. The summed E-state index contributed by atoms with van der Waals surface area (Å²) in [7, 11) is 0. The van der Waals surface area contributed by atoms with Gasteiger partial charge in [-0.2, -0.15) is 0 Å². The Balaban J connectivity index is 4.01. The Morgan fingerprint density at radius 1 is 1.58 bits per heavy atom. The summed E-state index contributed by atoms with van der Waals surface area (Å²) >= 11 is 0. The van der Waals surface area contributed by atoms with E-state index in [1.165, 1.54) is 6.92 Å². The predicted octanol–water partition coefficient (Wildman–Crippen LogP) is 0.542. The van der Waals surface area contributed by atoms with E-state index in [-0.39, 0.29) is 0 Å². The van der Waals surface area contributed by atoms with E-state index in [1.54, 1.807) is 6.92 Å². The van der Waals surface area contributed by atoms with Crippen LogP contribution in [0.1, 0.15) is 20.3 Å². The lowest BCUT2D eigenvalue weighted by atomic mass is 10.2. The average Bonchev–Trinajstić information content (AvgIpc) is 2.02. The Morgan fingerprint density at radius 2 is 2.08 bits per heavy atom. The number of aliphatic carboxylic acids is 1. The second-order valence-corrected chi connectivity index (χ2v) is 2.49. The molecule has 0 radical (unpaired) electrons. The summed E-state index contributed by atoms with van der Waals surface area (Å²) in [5.74, 6) is -1.44. The number of hydrogen-bond acceptors (Lipinski definition) is 2. The lowest BCUT2D eigenvalue weighted by Gasteiger charge is -2.09. The van der Waals surface area contributed by atoms with Crippen molar-refractivity contribution >= 4 is 11.9 Å². The lowest BCUT2D eigenvalue weighted by Crippen LogP contribution is -2.38. The van der Waals surface area contributed by atoms with Gasteiger partial charge in [0.05, 0.1) is 0 Å². The molecule has 0 fully saturated rings. The maximum atomic E-state index is 11.0. The largest absolute Gasteiger partial charge is 0.480 e. The highest BCUT2D eigenvalue weighted by atomic mass is 16.4. The third kappa shape index (κ3) is 3.18. The third-order valence-electron chi connectivity index (χ3n) is 1.47. The molecule has 0 aromatic heterocycles. The minimum Gasteiger partial charge on any atom is -0.480 e. The fourth-order valence-electron chi connectivity index (χ4n) is 0.521. The van der Waals surface area contributed by atoms with Gasteiger partial charge >= 0.3 is 5.97 Å². The number of hydrogen-bond donors (Lipinski definition) is 2. The van der Waals surface area contributed by atoms with Crippen LogP contribution in [0.4, 0.5) is 0 Å². The number of nitrogens with one attached hydrogen (secondary N) is 1. The maximum Gasteiger partial charge on any atom is 0.325 e. The zero-order valence-corrected chi connectivity index (χ0v) is 7.26. The second-order valence-electron chi connectivity index (χ2n) is 2.49. The number of carboxylic acids is 1. The van der Waals surface area contributed by atoms with E-state index < -0.39 is 17.9 Å². The highest BCUT2D eigenvalue weighted by molar-refractivity contribution is 5.95. The highest BCUT2D eigenvalue weighted by Gasteiger charge is 2.14. The molecule has 0 bridgehead atoms. The van der Waals surface area contributed by atoms with Crippen molar-refractivity contribution in [1.29, 1.82) is 0 Å². The minimum atomic E-state index is -1.05. The van der Waals surface area contributed by atoms with Crippen molar-refractivity contribution in [3.05, 3.63) is 12.2 Å². The predicted molar refractivity (Wildman–Crippen MR) is 44.7 cm³/mol. The van der Waals surface area contributed by atoms with Crippen molar-refractivity contribution in [3.63, 3.8) is 0 Å². The summed E-state index contributed by atoms with van der Waals surface area (Å²) in [6.07, 6.45) is 0.526. The van der Waals surface area contributed by atoms with E-state index in [4.69, 9.17) is 5.11 Å². The van der Waals surface area contributed by atoms with Crippen molar-refractivity contribution in [2.45, 2.75) is 26.3 Å².